The molecule has 0 radical (unpaired) electrons. The lowest BCUT2D eigenvalue weighted by atomic mass is 10.2. The molecule has 1 aromatic heterocycles. The van der Waals surface area contributed by atoms with Gasteiger partial charge >= 0.3 is 0 Å². The summed E-state index contributed by atoms with van der Waals surface area (Å²) in [5, 5.41) is 0. The van der Waals surface area contributed by atoms with Crippen molar-refractivity contribution in [1.29, 1.82) is 0 Å². The van der Waals surface area contributed by atoms with Crippen molar-refractivity contribution >= 4 is 5.95 Å². The molecule has 2 heterocycles. The number of anilines is 1. The predicted octanol–water partition coefficient (Wildman–Crippen LogP) is 1.86. The van der Waals surface area contributed by atoms with Crippen molar-refractivity contribution in [1.82, 2.24) is 14.5 Å². The van der Waals surface area contributed by atoms with Crippen LogP contribution in [0.5, 0.6) is 0 Å². The van der Waals surface area contributed by atoms with Gasteiger partial charge in [-0.1, -0.05) is 12.8 Å². The molecule has 16 heavy (non-hydrogen) atoms. The van der Waals surface area contributed by atoms with Crippen LogP contribution in [0.4, 0.5) is 5.95 Å². The zero-order chi connectivity index (χ0) is 11.4. The third-order valence-electron chi connectivity index (χ3n) is 3.28. The standard InChI is InChI=1S/C12H22N4/c1-2-16-10-11(14-12(16)13)9-15-7-5-3-4-6-8-15/h10H,2-9H2,1H3,(H2,13,14). The van der Waals surface area contributed by atoms with Gasteiger partial charge in [-0.2, -0.15) is 0 Å². The van der Waals surface area contributed by atoms with Gasteiger partial charge in [0.1, 0.15) is 0 Å². The minimum atomic E-state index is 0.646. The van der Waals surface area contributed by atoms with E-state index in [0.717, 1.165) is 18.8 Å². The molecular formula is C12H22N4. The van der Waals surface area contributed by atoms with Gasteiger partial charge in [0.05, 0.1) is 5.69 Å². The van der Waals surface area contributed by atoms with Gasteiger partial charge in [0.2, 0.25) is 0 Å². The lowest BCUT2D eigenvalue weighted by molar-refractivity contribution is 0.274. The minimum absolute atomic E-state index is 0.646. The number of aromatic nitrogens is 2. The highest BCUT2D eigenvalue weighted by atomic mass is 15.2. The molecule has 4 nitrogen and oxygen atoms in total. The zero-order valence-corrected chi connectivity index (χ0v) is 10.2. The van der Waals surface area contributed by atoms with E-state index in [1.165, 1.54) is 38.8 Å². The summed E-state index contributed by atoms with van der Waals surface area (Å²) in [5.74, 6) is 0.646. The molecule has 1 fully saturated rings. The van der Waals surface area contributed by atoms with Crippen LogP contribution in [0.1, 0.15) is 38.3 Å². The summed E-state index contributed by atoms with van der Waals surface area (Å²) in [7, 11) is 0. The maximum Gasteiger partial charge on any atom is 0.200 e. The highest BCUT2D eigenvalue weighted by Crippen LogP contribution is 2.13. The molecule has 90 valence electrons. The Balaban J connectivity index is 1.96. The van der Waals surface area contributed by atoms with Gasteiger partial charge in [0, 0.05) is 19.3 Å². The van der Waals surface area contributed by atoms with Gasteiger partial charge in [-0.15, -0.1) is 0 Å². The average molecular weight is 222 g/mol. The minimum Gasteiger partial charge on any atom is -0.369 e. The van der Waals surface area contributed by atoms with Crippen molar-refractivity contribution < 1.29 is 0 Å². The molecule has 1 saturated heterocycles. The van der Waals surface area contributed by atoms with E-state index in [0.29, 0.717) is 5.95 Å². The molecule has 1 aromatic rings. The second kappa shape index (κ2) is 5.34. The summed E-state index contributed by atoms with van der Waals surface area (Å²) in [6.45, 7) is 6.36. The van der Waals surface area contributed by atoms with Crippen LogP contribution in [0, 0.1) is 0 Å². The molecule has 0 aliphatic carbocycles. The number of nitrogens with two attached hydrogens (primary N) is 1. The summed E-state index contributed by atoms with van der Waals surface area (Å²) in [5.41, 5.74) is 6.93. The van der Waals surface area contributed by atoms with Crippen LogP contribution in [0.15, 0.2) is 6.20 Å². The van der Waals surface area contributed by atoms with E-state index < -0.39 is 0 Å². The molecule has 1 aliphatic heterocycles. The summed E-state index contributed by atoms with van der Waals surface area (Å²) in [6.07, 6.45) is 7.48. The molecule has 0 saturated carbocycles. The Morgan fingerprint density at radius 1 is 1.25 bits per heavy atom. The van der Waals surface area contributed by atoms with Gasteiger partial charge in [-0.25, -0.2) is 4.98 Å². The van der Waals surface area contributed by atoms with Crippen LogP contribution < -0.4 is 5.73 Å². The van der Waals surface area contributed by atoms with Crippen LogP contribution in [0.25, 0.3) is 0 Å². The van der Waals surface area contributed by atoms with Gasteiger partial charge in [0.15, 0.2) is 5.95 Å². The Labute approximate surface area is 97.4 Å². The first-order chi connectivity index (χ1) is 7.79. The first-order valence-electron chi connectivity index (χ1n) is 6.33. The summed E-state index contributed by atoms with van der Waals surface area (Å²) in [6, 6.07) is 0. The fourth-order valence-corrected chi connectivity index (χ4v) is 2.34. The molecule has 2 N–H and O–H groups in total. The number of aryl methyl sites for hydroxylation is 1. The quantitative estimate of drug-likeness (QED) is 0.849. The third-order valence-corrected chi connectivity index (χ3v) is 3.28. The Bertz CT molecular complexity index is 324. The third kappa shape index (κ3) is 2.76. The highest BCUT2D eigenvalue weighted by Gasteiger charge is 2.11. The van der Waals surface area contributed by atoms with Gasteiger partial charge in [-0.3, -0.25) is 4.90 Å². The molecule has 0 aromatic carbocycles. The maximum atomic E-state index is 5.82. The van der Waals surface area contributed by atoms with Crippen molar-refractivity contribution in [2.45, 2.75) is 45.7 Å². The molecule has 0 bridgehead atoms. The predicted molar refractivity (Wildman–Crippen MR) is 66.1 cm³/mol. The number of rotatable bonds is 3. The van der Waals surface area contributed by atoms with Crippen LogP contribution >= 0.6 is 0 Å². The van der Waals surface area contributed by atoms with Crippen molar-refractivity contribution in [3.05, 3.63) is 11.9 Å². The van der Waals surface area contributed by atoms with E-state index in [2.05, 4.69) is 23.0 Å². The van der Waals surface area contributed by atoms with Crippen LogP contribution in [0.3, 0.4) is 0 Å². The number of likely N-dealkylation sites (tertiary alicyclic amines) is 1. The Morgan fingerprint density at radius 2 is 1.94 bits per heavy atom. The van der Waals surface area contributed by atoms with Crippen LogP contribution in [-0.4, -0.2) is 27.5 Å². The van der Waals surface area contributed by atoms with Gasteiger partial charge < -0.3 is 10.3 Å². The zero-order valence-electron chi connectivity index (χ0n) is 10.2. The molecule has 1 aliphatic rings. The van der Waals surface area contributed by atoms with Crippen molar-refractivity contribution in [2.24, 2.45) is 0 Å². The largest absolute Gasteiger partial charge is 0.369 e. The Morgan fingerprint density at radius 3 is 2.50 bits per heavy atom. The van der Waals surface area contributed by atoms with E-state index in [9.17, 15) is 0 Å². The van der Waals surface area contributed by atoms with Crippen molar-refractivity contribution in [3.63, 3.8) is 0 Å². The lowest BCUT2D eigenvalue weighted by Gasteiger charge is -2.17. The summed E-state index contributed by atoms with van der Waals surface area (Å²) >= 11 is 0. The Hall–Kier alpha value is -1.03. The first kappa shape index (κ1) is 11.5. The van der Waals surface area contributed by atoms with Crippen LogP contribution in [0.2, 0.25) is 0 Å². The number of imidazole rings is 1. The van der Waals surface area contributed by atoms with Crippen LogP contribution in [-0.2, 0) is 13.1 Å². The number of hydrogen-bond donors (Lipinski definition) is 1. The second-order valence-electron chi connectivity index (χ2n) is 4.57. The monoisotopic (exact) mass is 222 g/mol. The molecule has 2 rings (SSSR count). The summed E-state index contributed by atoms with van der Waals surface area (Å²) < 4.78 is 2.01. The van der Waals surface area contributed by atoms with Crippen molar-refractivity contribution in [3.8, 4) is 0 Å². The van der Waals surface area contributed by atoms with E-state index >= 15 is 0 Å². The van der Waals surface area contributed by atoms with E-state index in [4.69, 9.17) is 5.73 Å². The first-order valence-corrected chi connectivity index (χ1v) is 6.33. The average Bonchev–Trinajstić information content (AvgIpc) is 2.50. The highest BCUT2D eigenvalue weighted by molar-refractivity contribution is 5.21. The molecular weight excluding hydrogens is 200 g/mol. The molecule has 0 unspecified atom stereocenters. The molecule has 0 atom stereocenters. The SMILES string of the molecule is CCn1cc(CN2CCCCCC2)nc1N. The second-order valence-corrected chi connectivity index (χ2v) is 4.57. The Kier molecular flexibility index (Phi) is 3.83. The number of nitrogen functional groups attached to an aromatic ring is 1. The topological polar surface area (TPSA) is 47.1 Å². The number of nitrogens with zero attached hydrogens (tertiary/aromatic N) is 3. The smallest absolute Gasteiger partial charge is 0.200 e. The maximum absolute atomic E-state index is 5.82. The fourth-order valence-electron chi connectivity index (χ4n) is 2.34. The number of hydrogen-bond acceptors (Lipinski definition) is 3. The molecule has 0 amide bonds. The lowest BCUT2D eigenvalue weighted by Crippen LogP contribution is -2.24. The molecule has 0 spiro atoms. The van der Waals surface area contributed by atoms with Gasteiger partial charge in [-0.05, 0) is 32.9 Å². The summed E-state index contributed by atoms with van der Waals surface area (Å²) in [4.78, 5) is 6.90. The van der Waals surface area contributed by atoms with Crippen molar-refractivity contribution in [2.75, 3.05) is 18.8 Å². The fraction of sp³-hybridized carbons (Fsp3) is 0.750. The normalized spacial score (nSPS) is 18.6. The van der Waals surface area contributed by atoms with Gasteiger partial charge in [0.25, 0.3) is 0 Å². The van der Waals surface area contributed by atoms with E-state index in [1.54, 1.807) is 0 Å². The van der Waals surface area contributed by atoms with E-state index in [1.807, 2.05) is 4.57 Å². The molecule has 4 heteroatoms. The van der Waals surface area contributed by atoms with E-state index in [-0.39, 0.29) is 0 Å².